The van der Waals surface area contributed by atoms with Crippen LogP contribution in [0.2, 0.25) is 10.0 Å². The topological polar surface area (TPSA) is 102 Å². The van der Waals surface area contributed by atoms with E-state index < -0.39 is 14.3 Å². The van der Waals surface area contributed by atoms with Gasteiger partial charge in [0, 0.05) is 20.6 Å². The highest BCUT2D eigenvalue weighted by Gasteiger charge is 2.25. The summed E-state index contributed by atoms with van der Waals surface area (Å²) in [7, 11) is 1.15. The molecule has 0 aromatic heterocycles. The Morgan fingerprint density at radius 2 is 1.57 bits per heavy atom. The molecular formula is C18H28Cl2O9P+. The zero-order chi connectivity index (χ0) is 22.4. The molecule has 0 saturated heterocycles. The Morgan fingerprint density at radius 3 is 2.10 bits per heavy atom. The van der Waals surface area contributed by atoms with Gasteiger partial charge >= 0.3 is 8.03 Å². The van der Waals surface area contributed by atoms with Crippen molar-refractivity contribution in [2.75, 3.05) is 60.4 Å². The number of ether oxygens (including phenoxy) is 6. The zero-order valence-electron chi connectivity index (χ0n) is 17.2. The third kappa shape index (κ3) is 10.0. The van der Waals surface area contributed by atoms with Gasteiger partial charge in [-0.25, -0.2) is 0 Å². The molecule has 2 atom stereocenters. The van der Waals surface area contributed by atoms with Gasteiger partial charge in [0.15, 0.2) is 31.2 Å². The molecule has 0 heterocycles. The van der Waals surface area contributed by atoms with Crippen molar-refractivity contribution in [3.8, 4) is 11.5 Å². The first-order valence-electron chi connectivity index (χ1n) is 9.13. The van der Waals surface area contributed by atoms with Gasteiger partial charge in [-0.3, -0.25) is 0 Å². The van der Waals surface area contributed by atoms with E-state index in [4.69, 9.17) is 56.1 Å². The minimum atomic E-state index is -1.96. The van der Waals surface area contributed by atoms with E-state index in [-0.39, 0.29) is 47.7 Å². The van der Waals surface area contributed by atoms with Gasteiger partial charge in [-0.15, -0.1) is 4.52 Å². The van der Waals surface area contributed by atoms with Crippen LogP contribution in [0.15, 0.2) is 6.07 Å². The average molecular weight is 490 g/mol. The van der Waals surface area contributed by atoms with Crippen LogP contribution in [0.25, 0.3) is 0 Å². The third-order valence-corrected chi connectivity index (χ3v) is 5.22. The summed E-state index contributed by atoms with van der Waals surface area (Å²) in [6.45, 7) is 2.89. The maximum atomic E-state index is 11.5. The van der Waals surface area contributed by atoms with E-state index in [1.54, 1.807) is 21.1 Å². The van der Waals surface area contributed by atoms with E-state index in [9.17, 15) is 9.67 Å². The molecule has 0 amide bonds. The first-order valence-corrected chi connectivity index (χ1v) is 11.3. The Morgan fingerprint density at radius 1 is 1.00 bits per heavy atom. The molecule has 30 heavy (non-hydrogen) atoms. The maximum Gasteiger partial charge on any atom is 0.510 e. The quantitative estimate of drug-likeness (QED) is 0.199. The van der Waals surface area contributed by atoms with E-state index in [2.05, 4.69) is 0 Å². The number of aliphatic hydroxyl groups excluding tert-OH is 1. The van der Waals surface area contributed by atoms with E-state index in [0.29, 0.717) is 32.0 Å². The molecular weight excluding hydrogens is 462 g/mol. The minimum absolute atomic E-state index is 0.0505. The number of rotatable bonds is 17. The number of aliphatic hydroxyl groups is 1. The molecule has 0 aliphatic heterocycles. The molecule has 12 heteroatoms. The lowest BCUT2D eigenvalue weighted by molar-refractivity contribution is -0.0210. The van der Waals surface area contributed by atoms with Gasteiger partial charge in [-0.2, -0.15) is 0 Å². The van der Waals surface area contributed by atoms with E-state index in [1.807, 2.05) is 0 Å². The van der Waals surface area contributed by atoms with Crippen LogP contribution in [-0.4, -0.2) is 71.8 Å². The predicted molar refractivity (Wildman–Crippen MR) is 112 cm³/mol. The molecule has 0 aliphatic carbocycles. The van der Waals surface area contributed by atoms with Gasteiger partial charge in [0.2, 0.25) is 6.29 Å². The maximum absolute atomic E-state index is 11.5. The van der Waals surface area contributed by atoms with Gasteiger partial charge in [-0.1, -0.05) is 23.2 Å². The van der Waals surface area contributed by atoms with Crippen molar-refractivity contribution >= 4 is 31.2 Å². The molecule has 0 saturated carbocycles. The molecule has 1 N–H and O–H groups in total. The van der Waals surface area contributed by atoms with Crippen molar-refractivity contribution in [2.45, 2.75) is 19.6 Å². The summed E-state index contributed by atoms with van der Waals surface area (Å²) in [6, 6.07) is 1.51. The number of hydrogen-bond acceptors (Lipinski definition) is 9. The Bertz CT molecular complexity index is 649. The van der Waals surface area contributed by atoms with Crippen molar-refractivity contribution < 1.29 is 42.6 Å². The largest absolute Gasteiger partial charge is 0.510 e. The summed E-state index contributed by atoms with van der Waals surface area (Å²) in [6.07, 6.45) is -1.09. The number of halogens is 2. The molecule has 0 aliphatic rings. The number of methoxy groups -OCH3 is 2. The molecule has 0 spiro atoms. The highest BCUT2D eigenvalue weighted by atomic mass is 35.5. The van der Waals surface area contributed by atoms with Crippen LogP contribution in [0, 0.1) is 0 Å². The molecule has 172 valence electrons. The molecule has 0 radical (unpaired) electrons. The van der Waals surface area contributed by atoms with Gasteiger partial charge in [-0.05, 0) is 23.1 Å². The molecule has 0 bridgehead atoms. The van der Waals surface area contributed by atoms with Crippen molar-refractivity contribution in [3.05, 3.63) is 21.7 Å². The Hall–Kier alpha value is -0.740. The molecule has 0 fully saturated rings. The lowest BCUT2D eigenvalue weighted by Crippen LogP contribution is -2.14. The summed E-state index contributed by atoms with van der Waals surface area (Å²) >= 11 is 12.8. The van der Waals surface area contributed by atoms with Crippen molar-refractivity contribution in [3.63, 3.8) is 0 Å². The van der Waals surface area contributed by atoms with Crippen LogP contribution in [0.1, 0.15) is 12.5 Å². The fraction of sp³-hybridized carbons (Fsp3) is 0.667. The van der Waals surface area contributed by atoms with Gasteiger partial charge in [0.25, 0.3) is 0 Å². The van der Waals surface area contributed by atoms with Crippen LogP contribution in [0.3, 0.4) is 0 Å². The summed E-state index contributed by atoms with van der Waals surface area (Å²) in [5.74, 6) is 0.284. The summed E-state index contributed by atoms with van der Waals surface area (Å²) in [4.78, 5) is 0. The Kier molecular flexibility index (Phi) is 14.5. The Balaban J connectivity index is 2.95. The second-order valence-electron chi connectivity index (χ2n) is 5.73. The molecule has 9 nitrogen and oxygen atoms in total. The highest BCUT2D eigenvalue weighted by Crippen LogP contribution is 2.44. The first-order chi connectivity index (χ1) is 14.4. The lowest BCUT2D eigenvalue weighted by Gasteiger charge is -2.18. The second-order valence-corrected chi connectivity index (χ2v) is 8.02. The molecule has 2 unspecified atom stereocenters. The van der Waals surface area contributed by atoms with E-state index in [1.165, 1.54) is 6.07 Å². The summed E-state index contributed by atoms with van der Waals surface area (Å²) in [5.41, 5.74) is 0.424. The fourth-order valence-electron chi connectivity index (χ4n) is 2.09. The van der Waals surface area contributed by atoms with Gasteiger partial charge in [0.05, 0.1) is 36.5 Å². The zero-order valence-corrected chi connectivity index (χ0v) is 19.6. The summed E-state index contributed by atoms with van der Waals surface area (Å²) < 4.78 is 48.1. The molecule has 1 aromatic rings. The van der Waals surface area contributed by atoms with E-state index >= 15 is 0 Å². The monoisotopic (exact) mass is 489 g/mol. The minimum Gasteiger partial charge on any atom is -0.462 e. The van der Waals surface area contributed by atoms with Crippen LogP contribution in [-0.2, 0) is 34.5 Å². The average Bonchev–Trinajstić information content (AvgIpc) is 2.72. The highest BCUT2D eigenvalue weighted by molar-refractivity contribution is 7.39. The third-order valence-electron chi connectivity index (χ3n) is 3.53. The van der Waals surface area contributed by atoms with Crippen molar-refractivity contribution in [1.29, 1.82) is 0 Å². The number of hydrogen-bond donors (Lipinski definition) is 1. The lowest BCUT2D eigenvalue weighted by atomic mass is 10.1. The predicted octanol–water partition coefficient (Wildman–Crippen LogP) is 3.63. The van der Waals surface area contributed by atoms with Gasteiger partial charge in [0.1, 0.15) is 0 Å². The smallest absolute Gasteiger partial charge is 0.462 e. The SMILES string of the molecule is CC[P+](=O)OC(O)Cc1cc(Cl)c(OCOCCOC)c(OCOCCOC)c1Cl. The van der Waals surface area contributed by atoms with Crippen LogP contribution < -0.4 is 9.47 Å². The van der Waals surface area contributed by atoms with E-state index in [0.717, 1.165) is 0 Å². The summed E-state index contributed by atoms with van der Waals surface area (Å²) in [5, 5.41) is 10.4. The van der Waals surface area contributed by atoms with Crippen LogP contribution in [0.4, 0.5) is 0 Å². The van der Waals surface area contributed by atoms with Gasteiger partial charge < -0.3 is 33.5 Å². The molecule has 1 rings (SSSR count). The Labute approximate surface area is 187 Å². The second kappa shape index (κ2) is 16.0. The van der Waals surface area contributed by atoms with Crippen molar-refractivity contribution in [1.82, 2.24) is 0 Å². The fourth-order valence-corrected chi connectivity index (χ4v) is 3.13. The van der Waals surface area contributed by atoms with Crippen LogP contribution in [0.5, 0.6) is 11.5 Å². The molecule has 1 aromatic carbocycles. The van der Waals surface area contributed by atoms with Crippen LogP contribution >= 0.6 is 31.2 Å². The number of benzene rings is 1. The standard InChI is InChI=1S/C18H28Cl2O9P/c1-4-30(22)29-15(21)10-13-9-14(19)17(27-11-25-7-5-23-2)18(16(13)20)28-12-26-8-6-24-3/h9,15,21H,4-8,10-12H2,1-3H3/q+1. The first kappa shape index (κ1) is 27.3. The normalized spacial score (nSPS) is 12.7. The van der Waals surface area contributed by atoms with Crippen molar-refractivity contribution in [2.24, 2.45) is 0 Å².